The third-order valence-corrected chi connectivity index (χ3v) is 5.06. The number of methoxy groups -OCH3 is 1. The minimum Gasteiger partial charge on any atom is -0.494 e. The molecule has 0 fully saturated rings. The zero-order chi connectivity index (χ0) is 20.8. The molecule has 0 saturated carbocycles. The van der Waals surface area contributed by atoms with Crippen molar-refractivity contribution in [2.45, 2.75) is 25.4 Å². The maximum Gasteiger partial charge on any atom is 0.225 e. The van der Waals surface area contributed by atoms with Gasteiger partial charge in [0.15, 0.2) is 5.78 Å². The second-order valence-electron chi connectivity index (χ2n) is 6.33. The van der Waals surface area contributed by atoms with E-state index in [1.807, 2.05) is 25.1 Å². The molecule has 9 heteroatoms. The predicted molar refractivity (Wildman–Crippen MR) is 111 cm³/mol. The van der Waals surface area contributed by atoms with Crippen molar-refractivity contribution in [3.8, 4) is 11.4 Å². The molecule has 29 heavy (non-hydrogen) atoms. The smallest absolute Gasteiger partial charge is 0.225 e. The Morgan fingerprint density at radius 3 is 2.62 bits per heavy atom. The Bertz CT molecular complexity index is 1020. The second kappa shape index (κ2) is 9.33. The fourth-order valence-corrected chi connectivity index (χ4v) is 3.45. The van der Waals surface area contributed by atoms with E-state index in [2.05, 4.69) is 20.8 Å². The number of hydrogen-bond acceptors (Lipinski definition) is 7. The van der Waals surface area contributed by atoms with E-state index in [4.69, 9.17) is 4.74 Å². The summed E-state index contributed by atoms with van der Waals surface area (Å²) >= 11 is 1.38. The van der Waals surface area contributed by atoms with Gasteiger partial charge >= 0.3 is 0 Å². The third kappa shape index (κ3) is 5.20. The molecule has 8 nitrogen and oxygen atoms in total. The first kappa shape index (κ1) is 20.5. The molecule has 0 atom stereocenters. The topological polar surface area (TPSA) is 99.0 Å². The van der Waals surface area contributed by atoms with Crippen molar-refractivity contribution in [2.24, 2.45) is 0 Å². The number of aryl methyl sites for hydroxylation is 1. The molecule has 0 aliphatic carbocycles. The minimum absolute atomic E-state index is 0.0118. The van der Waals surface area contributed by atoms with Gasteiger partial charge < -0.3 is 10.1 Å². The first-order valence-electron chi connectivity index (χ1n) is 8.95. The number of rotatable bonds is 8. The molecule has 0 spiro atoms. The van der Waals surface area contributed by atoms with E-state index in [-0.39, 0.29) is 18.1 Å². The Morgan fingerprint density at radius 2 is 1.93 bits per heavy atom. The number of tetrazole rings is 1. The van der Waals surface area contributed by atoms with E-state index in [9.17, 15) is 9.59 Å². The summed E-state index contributed by atoms with van der Waals surface area (Å²) in [6, 6.07) is 12.6. The van der Waals surface area contributed by atoms with Crippen molar-refractivity contribution in [1.82, 2.24) is 20.2 Å². The van der Waals surface area contributed by atoms with Crippen LogP contribution in [0.4, 0.5) is 5.69 Å². The van der Waals surface area contributed by atoms with E-state index in [0.29, 0.717) is 27.9 Å². The number of thioether (sulfide) groups is 1. The number of ether oxygens (including phenoxy) is 1. The summed E-state index contributed by atoms with van der Waals surface area (Å²) in [6.07, 6.45) is 0.289. The van der Waals surface area contributed by atoms with Gasteiger partial charge in [0.2, 0.25) is 11.1 Å². The number of Topliss-reactive ketones (excluding diaryl/α,β-unsaturated/α-hetero) is 1. The van der Waals surface area contributed by atoms with Gasteiger partial charge in [-0.3, -0.25) is 9.59 Å². The van der Waals surface area contributed by atoms with Gasteiger partial charge in [0.25, 0.3) is 0 Å². The van der Waals surface area contributed by atoms with Crippen LogP contribution in [0.25, 0.3) is 5.69 Å². The average Bonchev–Trinajstić information content (AvgIpc) is 3.16. The number of ketones is 1. The first-order chi connectivity index (χ1) is 14.0. The van der Waals surface area contributed by atoms with Gasteiger partial charge in [-0.05, 0) is 66.2 Å². The fourth-order valence-electron chi connectivity index (χ4n) is 2.63. The Balaban J connectivity index is 1.59. The molecule has 0 aliphatic heterocycles. The average molecular weight is 411 g/mol. The Morgan fingerprint density at radius 1 is 1.17 bits per heavy atom. The highest BCUT2D eigenvalue weighted by molar-refractivity contribution is 7.99. The van der Waals surface area contributed by atoms with E-state index >= 15 is 0 Å². The SMILES string of the molecule is COc1ccc(C)cc1-n1nnnc1SCCC(=O)Nc1ccc(C(C)=O)cc1. The van der Waals surface area contributed by atoms with Crippen molar-refractivity contribution in [2.75, 3.05) is 18.2 Å². The molecule has 1 heterocycles. The van der Waals surface area contributed by atoms with Crippen LogP contribution in [0, 0.1) is 6.92 Å². The molecular weight excluding hydrogens is 390 g/mol. The number of amides is 1. The molecule has 0 aliphatic rings. The third-order valence-electron chi connectivity index (χ3n) is 4.14. The summed E-state index contributed by atoms with van der Waals surface area (Å²) in [5, 5.41) is 15.2. The number of nitrogens with zero attached hydrogens (tertiary/aromatic N) is 4. The lowest BCUT2D eigenvalue weighted by molar-refractivity contribution is -0.115. The number of benzene rings is 2. The molecule has 0 unspecified atom stereocenters. The molecule has 0 saturated heterocycles. The van der Waals surface area contributed by atoms with Crippen LogP contribution < -0.4 is 10.1 Å². The normalized spacial score (nSPS) is 10.6. The number of hydrogen-bond donors (Lipinski definition) is 1. The lowest BCUT2D eigenvalue weighted by Crippen LogP contribution is -2.12. The summed E-state index contributed by atoms with van der Waals surface area (Å²) in [7, 11) is 1.60. The molecule has 0 bridgehead atoms. The molecule has 2 aromatic carbocycles. The van der Waals surface area contributed by atoms with E-state index in [0.717, 1.165) is 11.3 Å². The molecule has 0 radical (unpaired) electrons. The van der Waals surface area contributed by atoms with Crippen LogP contribution in [0.1, 0.15) is 29.3 Å². The van der Waals surface area contributed by atoms with Crippen LogP contribution in [0.15, 0.2) is 47.6 Å². The fraction of sp³-hybridized carbons (Fsp3) is 0.250. The number of aromatic nitrogens is 4. The molecule has 3 aromatic rings. The highest BCUT2D eigenvalue weighted by Crippen LogP contribution is 2.27. The van der Waals surface area contributed by atoms with E-state index < -0.39 is 0 Å². The van der Waals surface area contributed by atoms with Crippen LogP contribution >= 0.6 is 11.8 Å². The summed E-state index contributed by atoms with van der Waals surface area (Å²) in [4.78, 5) is 23.5. The number of carbonyl (C=O) groups excluding carboxylic acids is 2. The lowest BCUT2D eigenvalue weighted by atomic mass is 10.1. The van der Waals surface area contributed by atoms with E-state index in [1.165, 1.54) is 18.7 Å². The van der Waals surface area contributed by atoms with Crippen LogP contribution in [0.5, 0.6) is 5.75 Å². The number of anilines is 1. The van der Waals surface area contributed by atoms with E-state index in [1.54, 1.807) is 36.1 Å². The largest absolute Gasteiger partial charge is 0.494 e. The van der Waals surface area contributed by atoms with Crippen molar-refractivity contribution >= 4 is 29.1 Å². The second-order valence-corrected chi connectivity index (χ2v) is 7.39. The Kier molecular flexibility index (Phi) is 6.61. The van der Waals surface area contributed by atoms with Gasteiger partial charge in [0.05, 0.1) is 7.11 Å². The number of carbonyl (C=O) groups is 2. The zero-order valence-corrected chi connectivity index (χ0v) is 17.2. The first-order valence-corrected chi connectivity index (χ1v) is 9.93. The maximum atomic E-state index is 12.2. The zero-order valence-electron chi connectivity index (χ0n) is 16.4. The highest BCUT2D eigenvalue weighted by atomic mass is 32.2. The quantitative estimate of drug-likeness (QED) is 0.448. The van der Waals surface area contributed by atoms with Crippen molar-refractivity contribution in [1.29, 1.82) is 0 Å². The Labute approximate surface area is 172 Å². The van der Waals surface area contributed by atoms with Crippen molar-refractivity contribution in [3.05, 3.63) is 53.6 Å². The van der Waals surface area contributed by atoms with Crippen molar-refractivity contribution in [3.63, 3.8) is 0 Å². The molecule has 150 valence electrons. The monoisotopic (exact) mass is 411 g/mol. The van der Waals surface area contributed by atoms with Gasteiger partial charge in [-0.2, -0.15) is 4.68 Å². The molecule has 1 amide bonds. The summed E-state index contributed by atoms with van der Waals surface area (Å²) < 4.78 is 7.01. The van der Waals surface area contributed by atoms with Crippen LogP contribution in [0.3, 0.4) is 0 Å². The lowest BCUT2D eigenvalue weighted by Gasteiger charge is -2.10. The molecular formula is C20H21N5O3S. The summed E-state index contributed by atoms with van der Waals surface area (Å²) in [5.74, 6) is 1.03. The van der Waals surface area contributed by atoms with Gasteiger partial charge in [0, 0.05) is 23.4 Å². The highest BCUT2D eigenvalue weighted by Gasteiger charge is 2.14. The summed E-state index contributed by atoms with van der Waals surface area (Å²) in [5.41, 5.74) is 3.06. The Hall–Kier alpha value is -3.20. The van der Waals surface area contributed by atoms with Crippen molar-refractivity contribution < 1.29 is 14.3 Å². The van der Waals surface area contributed by atoms with Crippen LogP contribution in [-0.2, 0) is 4.79 Å². The molecule has 3 rings (SSSR count). The van der Waals surface area contributed by atoms with Gasteiger partial charge in [-0.15, -0.1) is 5.10 Å². The minimum atomic E-state index is -0.125. The van der Waals surface area contributed by atoms with Gasteiger partial charge in [-0.25, -0.2) is 0 Å². The maximum absolute atomic E-state index is 12.2. The number of nitrogens with one attached hydrogen (secondary N) is 1. The van der Waals surface area contributed by atoms with Crippen LogP contribution in [-0.4, -0.2) is 44.8 Å². The summed E-state index contributed by atoms with van der Waals surface area (Å²) in [6.45, 7) is 3.48. The van der Waals surface area contributed by atoms with Crippen LogP contribution in [0.2, 0.25) is 0 Å². The van der Waals surface area contributed by atoms with Gasteiger partial charge in [0.1, 0.15) is 11.4 Å². The predicted octanol–water partition coefficient (Wildman–Crippen LogP) is 3.30. The molecule has 1 aromatic heterocycles. The standard InChI is InChI=1S/C20H21N5O3S/c1-13-4-9-18(28-3)17(12-13)25-20(22-23-24-25)29-11-10-19(27)21-16-7-5-15(6-8-16)14(2)26/h4-9,12H,10-11H2,1-3H3,(H,21,27). The van der Waals surface area contributed by atoms with Gasteiger partial charge in [-0.1, -0.05) is 17.8 Å². The molecule has 1 N–H and O–H groups in total.